The van der Waals surface area contributed by atoms with Gasteiger partial charge in [0, 0.05) is 23.1 Å². The van der Waals surface area contributed by atoms with Crippen LogP contribution >= 0.6 is 15.9 Å². The average Bonchev–Trinajstić information content (AvgIpc) is 2.85. The third kappa shape index (κ3) is 4.83. The molecule has 3 amide bonds. The molecule has 0 atom stereocenters. The number of nitrogens with zero attached hydrogens (tertiary/aromatic N) is 1. The molecule has 0 aromatic heterocycles. The number of halogens is 1. The third-order valence-electron chi connectivity index (χ3n) is 4.31. The third-order valence-corrected chi connectivity index (χ3v) is 5.40. The molecule has 0 aliphatic carbocycles. The van der Waals surface area contributed by atoms with Crippen LogP contribution < -0.4 is 10.0 Å². The lowest BCUT2D eigenvalue weighted by Gasteiger charge is -2.14. The number of anilines is 2. The first-order chi connectivity index (χ1) is 13.5. The average molecular weight is 480 g/mol. The highest BCUT2D eigenvalue weighted by Crippen LogP contribution is 2.26. The monoisotopic (exact) mass is 479 g/mol. The molecule has 0 radical (unpaired) electrons. The summed E-state index contributed by atoms with van der Waals surface area (Å²) >= 11 is 3.27. The van der Waals surface area contributed by atoms with Gasteiger partial charge < -0.3 is 5.32 Å². The first kappa shape index (κ1) is 21.0. The summed E-state index contributed by atoms with van der Waals surface area (Å²) in [5.41, 5.74) is 2.08. The van der Waals surface area contributed by atoms with Gasteiger partial charge in [-0.1, -0.05) is 22.0 Å². The van der Waals surface area contributed by atoms with Crippen LogP contribution in [0.4, 0.5) is 11.4 Å². The highest BCUT2D eigenvalue weighted by Gasteiger charge is 2.35. The van der Waals surface area contributed by atoms with Crippen molar-refractivity contribution in [2.45, 2.75) is 13.3 Å². The van der Waals surface area contributed by atoms with Gasteiger partial charge in [-0.3, -0.25) is 24.0 Å². The summed E-state index contributed by atoms with van der Waals surface area (Å²) in [6.07, 6.45) is 0.952. The highest BCUT2D eigenvalue weighted by atomic mass is 79.9. The Balaban J connectivity index is 1.65. The number of rotatable bonds is 6. The normalized spacial score (nSPS) is 13.4. The lowest BCUT2D eigenvalue weighted by atomic mass is 10.1. The van der Waals surface area contributed by atoms with Crippen LogP contribution in [0.3, 0.4) is 0 Å². The Morgan fingerprint density at radius 1 is 1.07 bits per heavy atom. The van der Waals surface area contributed by atoms with Crippen LogP contribution in [-0.4, -0.2) is 43.8 Å². The van der Waals surface area contributed by atoms with Crippen molar-refractivity contribution < 1.29 is 22.8 Å². The molecule has 0 fully saturated rings. The molecule has 2 N–H and O–H groups in total. The largest absolute Gasteiger partial charge is 0.326 e. The van der Waals surface area contributed by atoms with Crippen molar-refractivity contribution in [2.24, 2.45) is 0 Å². The standard InChI is InChI=1S/C19H18BrN3O5S/c1-11-3-5-13(10-16(11)22-29(2,27)28)21-17(24)7-8-23-18(25)14-6-4-12(20)9-15(14)19(23)26/h3-6,9-10,22H,7-8H2,1-2H3,(H,21,24). The highest BCUT2D eigenvalue weighted by molar-refractivity contribution is 9.10. The van der Waals surface area contributed by atoms with Crippen molar-refractivity contribution >= 4 is 55.0 Å². The smallest absolute Gasteiger partial charge is 0.261 e. The maximum atomic E-state index is 12.4. The number of nitrogens with one attached hydrogen (secondary N) is 2. The van der Waals surface area contributed by atoms with E-state index < -0.39 is 27.7 Å². The fraction of sp³-hybridized carbons (Fsp3) is 0.211. The van der Waals surface area contributed by atoms with Crippen LogP contribution in [-0.2, 0) is 14.8 Å². The van der Waals surface area contributed by atoms with E-state index in [1.54, 1.807) is 37.3 Å². The van der Waals surface area contributed by atoms with E-state index in [-0.39, 0.29) is 13.0 Å². The molecule has 3 rings (SSSR count). The van der Waals surface area contributed by atoms with Gasteiger partial charge in [-0.15, -0.1) is 0 Å². The molecule has 0 saturated carbocycles. The van der Waals surface area contributed by atoms with Crippen molar-refractivity contribution in [3.05, 3.63) is 57.6 Å². The molecule has 2 aromatic rings. The molecular weight excluding hydrogens is 462 g/mol. The number of carbonyl (C=O) groups is 3. The van der Waals surface area contributed by atoms with E-state index in [1.807, 2.05) is 0 Å². The van der Waals surface area contributed by atoms with E-state index in [2.05, 4.69) is 26.0 Å². The first-order valence-corrected chi connectivity index (χ1v) is 11.3. The minimum atomic E-state index is -3.46. The molecule has 10 heteroatoms. The van der Waals surface area contributed by atoms with Crippen molar-refractivity contribution in [2.75, 3.05) is 22.8 Å². The van der Waals surface area contributed by atoms with E-state index in [0.717, 1.165) is 11.2 Å². The van der Waals surface area contributed by atoms with Crippen LogP contribution in [0.2, 0.25) is 0 Å². The Bertz CT molecular complexity index is 1130. The van der Waals surface area contributed by atoms with Crippen LogP contribution in [0.5, 0.6) is 0 Å². The fourth-order valence-corrected chi connectivity index (χ4v) is 3.89. The summed E-state index contributed by atoms with van der Waals surface area (Å²) in [7, 11) is -3.46. The van der Waals surface area contributed by atoms with Crippen molar-refractivity contribution in [3.63, 3.8) is 0 Å². The van der Waals surface area contributed by atoms with Crippen LogP contribution in [0.1, 0.15) is 32.7 Å². The number of benzene rings is 2. The molecule has 0 unspecified atom stereocenters. The van der Waals surface area contributed by atoms with Crippen molar-refractivity contribution in [1.82, 2.24) is 4.90 Å². The number of hydrogen-bond donors (Lipinski definition) is 2. The molecule has 152 valence electrons. The zero-order chi connectivity index (χ0) is 21.3. The maximum Gasteiger partial charge on any atom is 0.261 e. The van der Waals surface area contributed by atoms with Gasteiger partial charge in [-0.2, -0.15) is 0 Å². The van der Waals surface area contributed by atoms with Crippen molar-refractivity contribution in [1.29, 1.82) is 0 Å². The lowest BCUT2D eigenvalue weighted by molar-refractivity contribution is -0.116. The van der Waals surface area contributed by atoms with Gasteiger partial charge in [0.05, 0.1) is 23.1 Å². The summed E-state index contributed by atoms with van der Waals surface area (Å²) in [5.74, 6) is -1.27. The Hall–Kier alpha value is -2.72. The van der Waals surface area contributed by atoms with Crippen LogP contribution in [0.25, 0.3) is 0 Å². The number of fused-ring (bicyclic) bond motifs is 1. The van der Waals surface area contributed by atoms with Crippen molar-refractivity contribution in [3.8, 4) is 0 Å². The Morgan fingerprint density at radius 3 is 2.45 bits per heavy atom. The minimum absolute atomic E-state index is 0.0594. The Kier molecular flexibility index (Phi) is 5.76. The number of carbonyl (C=O) groups excluding carboxylic acids is 3. The number of aryl methyl sites for hydroxylation is 1. The summed E-state index contributed by atoms with van der Waals surface area (Å²) in [4.78, 5) is 38.2. The second-order valence-electron chi connectivity index (χ2n) is 6.65. The number of imide groups is 1. The van der Waals surface area contributed by atoms with Gasteiger partial charge in [-0.05, 0) is 42.8 Å². The first-order valence-electron chi connectivity index (χ1n) is 8.59. The molecular formula is C19H18BrN3O5S. The van der Waals surface area contributed by atoms with Crippen LogP contribution in [0.15, 0.2) is 40.9 Å². The molecule has 1 aliphatic rings. The Morgan fingerprint density at radius 2 is 1.76 bits per heavy atom. The van der Waals surface area contributed by atoms with E-state index in [9.17, 15) is 22.8 Å². The van der Waals surface area contributed by atoms with E-state index in [0.29, 0.717) is 32.5 Å². The van der Waals surface area contributed by atoms with Gasteiger partial charge in [0.1, 0.15) is 0 Å². The quantitative estimate of drug-likeness (QED) is 0.618. The molecule has 8 nitrogen and oxygen atoms in total. The molecule has 1 aliphatic heterocycles. The predicted molar refractivity (Wildman–Crippen MR) is 112 cm³/mol. The summed E-state index contributed by atoms with van der Waals surface area (Å²) < 4.78 is 26.0. The Labute approximate surface area is 176 Å². The zero-order valence-electron chi connectivity index (χ0n) is 15.7. The molecule has 29 heavy (non-hydrogen) atoms. The number of amides is 3. The number of hydrogen-bond acceptors (Lipinski definition) is 5. The molecule has 2 aromatic carbocycles. The summed E-state index contributed by atoms with van der Waals surface area (Å²) in [6, 6.07) is 9.65. The molecule has 0 spiro atoms. The zero-order valence-corrected chi connectivity index (χ0v) is 18.1. The van der Waals surface area contributed by atoms with Gasteiger partial charge in [0.2, 0.25) is 15.9 Å². The minimum Gasteiger partial charge on any atom is -0.326 e. The lowest BCUT2D eigenvalue weighted by Crippen LogP contribution is -2.32. The van der Waals surface area contributed by atoms with Crippen LogP contribution in [0, 0.1) is 6.92 Å². The summed E-state index contributed by atoms with van der Waals surface area (Å²) in [5, 5.41) is 2.65. The van der Waals surface area contributed by atoms with Gasteiger partial charge >= 0.3 is 0 Å². The second-order valence-corrected chi connectivity index (χ2v) is 9.32. The fourth-order valence-electron chi connectivity index (χ4n) is 2.91. The SMILES string of the molecule is Cc1ccc(NC(=O)CCN2C(=O)c3ccc(Br)cc3C2=O)cc1NS(C)(=O)=O. The number of sulfonamides is 1. The predicted octanol–water partition coefficient (Wildman–Crippen LogP) is 2.75. The van der Waals surface area contributed by atoms with Gasteiger partial charge in [0.25, 0.3) is 11.8 Å². The molecule has 0 bridgehead atoms. The van der Waals surface area contributed by atoms with E-state index >= 15 is 0 Å². The molecule has 0 saturated heterocycles. The second kappa shape index (κ2) is 7.96. The van der Waals surface area contributed by atoms with E-state index in [1.165, 1.54) is 6.07 Å². The summed E-state index contributed by atoms with van der Waals surface area (Å²) in [6.45, 7) is 1.68. The topological polar surface area (TPSA) is 113 Å². The molecule has 1 heterocycles. The van der Waals surface area contributed by atoms with Gasteiger partial charge in [-0.25, -0.2) is 8.42 Å². The van der Waals surface area contributed by atoms with E-state index in [4.69, 9.17) is 0 Å². The maximum absolute atomic E-state index is 12.4. The van der Waals surface area contributed by atoms with Gasteiger partial charge in [0.15, 0.2) is 0 Å².